The molecule has 0 heterocycles. The van der Waals surface area contributed by atoms with Gasteiger partial charge in [-0.15, -0.1) is 0 Å². The molecule has 0 aromatic heterocycles. The van der Waals surface area contributed by atoms with Gasteiger partial charge >= 0.3 is 17.9 Å². The molecular formula is C13H20O6. The topological polar surface area (TPSA) is 93.1 Å². The number of aliphatic hydroxyl groups is 2. The lowest BCUT2D eigenvalue weighted by Gasteiger charge is -2.27. The van der Waals surface area contributed by atoms with Crippen molar-refractivity contribution in [1.82, 2.24) is 0 Å². The van der Waals surface area contributed by atoms with Gasteiger partial charge in [-0.05, 0) is 27.2 Å². The normalized spacial score (nSPS) is 12.5. The van der Waals surface area contributed by atoms with Gasteiger partial charge in [-0.3, -0.25) is 0 Å². The number of carbonyl (C=O) groups excluding carboxylic acids is 2. The van der Waals surface area contributed by atoms with E-state index in [0.717, 1.165) is 0 Å². The van der Waals surface area contributed by atoms with Crippen LogP contribution in [0, 0.1) is 0 Å². The third kappa shape index (κ3) is 6.73. The van der Waals surface area contributed by atoms with Crippen LogP contribution in [0.2, 0.25) is 0 Å². The maximum absolute atomic E-state index is 11.4. The van der Waals surface area contributed by atoms with Crippen molar-refractivity contribution >= 4 is 11.9 Å². The molecule has 0 fully saturated rings. The van der Waals surface area contributed by atoms with E-state index in [2.05, 4.69) is 13.2 Å². The molecule has 0 radical (unpaired) electrons. The summed E-state index contributed by atoms with van der Waals surface area (Å²) in [6.07, 6.45) is -0.940. The molecular weight excluding hydrogens is 252 g/mol. The zero-order valence-corrected chi connectivity index (χ0v) is 11.4. The monoisotopic (exact) mass is 272 g/mol. The number of hydrogen-bond acceptors (Lipinski definition) is 6. The Kier molecular flexibility index (Phi) is 6.44. The van der Waals surface area contributed by atoms with Gasteiger partial charge in [0, 0.05) is 11.1 Å². The van der Waals surface area contributed by atoms with E-state index in [1.807, 2.05) is 0 Å². The van der Waals surface area contributed by atoms with Gasteiger partial charge in [0.05, 0.1) is 12.5 Å². The minimum absolute atomic E-state index is 0.0434. The molecule has 6 heteroatoms. The Morgan fingerprint density at radius 3 is 1.79 bits per heavy atom. The quantitative estimate of drug-likeness (QED) is 0.408. The van der Waals surface area contributed by atoms with Crippen molar-refractivity contribution in [3.05, 3.63) is 24.3 Å². The molecule has 0 spiro atoms. The van der Waals surface area contributed by atoms with Gasteiger partial charge in [0.1, 0.15) is 0 Å². The first-order valence-electron chi connectivity index (χ1n) is 5.75. The fourth-order valence-electron chi connectivity index (χ4n) is 0.978. The van der Waals surface area contributed by atoms with Crippen LogP contribution in [-0.4, -0.2) is 34.2 Å². The third-order valence-electron chi connectivity index (χ3n) is 2.08. The second-order valence-corrected chi connectivity index (χ2v) is 4.44. The highest BCUT2D eigenvalue weighted by Gasteiger charge is 2.37. The lowest BCUT2D eigenvalue weighted by atomic mass is 10.2. The van der Waals surface area contributed by atoms with Crippen molar-refractivity contribution in [1.29, 1.82) is 0 Å². The average Bonchev–Trinajstić information content (AvgIpc) is 2.26. The summed E-state index contributed by atoms with van der Waals surface area (Å²) < 4.78 is 9.38. The second kappa shape index (κ2) is 7.06. The highest BCUT2D eigenvalue weighted by atomic mass is 16.8. The molecule has 0 aromatic carbocycles. The lowest BCUT2D eigenvalue weighted by molar-refractivity contribution is -0.326. The second-order valence-electron chi connectivity index (χ2n) is 4.44. The molecule has 19 heavy (non-hydrogen) atoms. The van der Waals surface area contributed by atoms with E-state index in [1.165, 1.54) is 20.8 Å². The van der Waals surface area contributed by atoms with Crippen molar-refractivity contribution < 1.29 is 29.3 Å². The van der Waals surface area contributed by atoms with Gasteiger partial charge in [-0.2, -0.15) is 0 Å². The molecule has 0 aliphatic carbocycles. The molecule has 6 nitrogen and oxygen atoms in total. The van der Waals surface area contributed by atoms with Gasteiger partial charge in [0.15, 0.2) is 0 Å². The number of esters is 2. The predicted molar refractivity (Wildman–Crippen MR) is 67.7 cm³/mol. The van der Waals surface area contributed by atoms with Crippen LogP contribution >= 0.6 is 0 Å². The van der Waals surface area contributed by atoms with Crippen LogP contribution in [0.5, 0.6) is 0 Å². The molecule has 1 atom stereocenters. The van der Waals surface area contributed by atoms with Gasteiger partial charge < -0.3 is 19.7 Å². The van der Waals surface area contributed by atoms with Crippen molar-refractivity contribution in [2.24, 2.45) is 0 Å². The molecule has 108 valence electrons. The zero-order valence-electron chi connectivity index (χ0n) is 11.4. The summed E-state index contributed by atoms with van der Waals surface area (Å²) in [5.74, 6) is -4.24. The Hall–Kier alpha value is -1.66. The predicted octanol–water partition coefficient (Wildman–Crippen LogP) is 1.03. The standard InChI is InChI=1S/C13H20O6/c1-8(2)11(15)18-13(17,7-6-10(5)14)19-12(16)9(3)4/h10,14,17H,1,3,6-7H2,2,4-5H3. The SMILES string of the molecule is C=C(C)C(=O)OC(O)(CCC(C)O)OC(=O)C(=C)C. The van der Waals surface area contributed by atoms with Gasteiger partial charge in [0.2, 0.25) is 0 Å². The van der Waals surface area contributed by atoms with E-state index in [4.69, 9.17) is 9.47 Å². The molecule has 0 aliphatic heterocycles. The summed E-state index contributed by atoms with van der Waals surface area (Å²) in [7, 11) is 0. The molecule has 0 amide bonds. The largest absolute Gasteiger partial charge is 0.395 e. The first kappa shape index (κ1) is 17.3. The molecule has 0 rings (SSSR count). The van der Waals surface area contributed by atoms with Crippen LogP contribution in [0.1, 0.15) is 33.6 Å². The van der Waals surface area contributed by atoms with Gasteiger partial charge in [-0.1, -0.05) is 13.2 Å². The number of aliphatic hydroxyl groups excluding tert-OH is 1. The smallest absolute Gasteiger partial charge is 0.373 e. The van der Waals surface area contributed by atoms with Crippen LogP contribution in [0.3, 0.4) is 0 Å². The molecule has 1 unspecified atom stereocenters. The summed E-state index contributed by atoms with van der Waals surface area (Å²) in [6.45, 7) is 11.0. The fraction of sp³-hybridized carbons (Fsp3) is 0.538. The number of hydrogen-bond donors (Lipinski definition) is 2. The van der Waals surface area contributed by atoms with Gasteiger partial charge in [0.25, 0.3) is 0 Å². The van der Waals surface area contributed by atoms with Crippen molar-refractivity contribution in [2.45, 2.75) is 45.7 Å². The van der Waals surface area contributed by atoms with E-state index in [9.17, 15) is 19.8 Å². The molecule has 0 saturated carbocycles. The van der Waals surface area contributed by atoms with Gasteiger partial charge in [-0.25, -0.2) is 9.59 Å². The average molecular weight is 272 g/mol. The summed E-state index contributed by atoms with van der Waals surface area (Å²) in [4.78, 5) is 22.8. The number of rotatable bonds is 7. The van der Waals surface area contributed by atoms with Crippen LogP contribution in [0.4, 0.5) is 0 Å². The first-order valence-corrected chi connectivity index (χ1v) is 5.75. The van der Waals surface area contributed by atoms with Crippen LogP contribution in [0.15, 0.2) is 24.3 Å². The van der Waals surface area contributed by atoms with Crippen molar-refractivity contribution in [2.75, 3.05) is 0 Å². The summed E-state index contributed by atoms with van der Waals surface area (Å²) in [5.41, 5.74) is 0.0868. The first-order chi connectivity index (χ1) is 8.57. The lowest BCUT2D eigenvalue weighted by Crippen LogP contribution is -2.41. The zero-order chi connectivity index (χ0) is 15.2. The van der Waals surface area contributed by atoms with Crippen LogP contribution in [0.25, 0.3) is 0 Å². The minimum atomic E-state index is -2.44. The van der Waals surface area contributed by atoms with E-state index >= 15 is 0 Å². The van der Waals surface area contributed by atoms with Crippen LogP contribution < -0.4 is 0 Å². The fourth-order valence-corrected chi connectivity index (χ4v) is 0.978. The number of carbonyl (C=O) groups is 2. The minimum Gasteiger partial charge on any atom is -0.395 e. The Labute approximate surface area is 112 Å². The van der Waals surface area contributed by atoms with Crippen molar-refractivity contribution in [3.8, 4) is 0 Å². The molecule has 0 saturated heterocycles. The maximum atomic E-state index is 11.4. The highest BCUT2D eigenvalue weighted by Crippen LogP contribution is 2.21. The Morgan fingerprint density at radius 2 is 1.53 bits per heavy atom. The molecule has 0 bridgehead atoms. The Morgan fingerprint density at radius 1 is 1.16 bits per heavy atom. The molecule has 0 aliphatic rings. The maximum Gasteiger partial charge on any atom is 0.373 e. The Balaban J connectivity index is 4.89. The Bertz CT molecular complexity index is 355. The van der Waals surface area contributed by atoms with E-state index < -0.39 is 24.0 Å². The van der Waals surface area contributed by atoms with E-state index in [-0.39, 0.29) is 24.0 Å². The third-order valence-corrected chi connectivity index (χ3v) is 2.08. The number of ether oxygens (including phenoxy) is 2. The highest BCUT2D eigenvalue weighted by molar-refractivity contribution is 5.88. The summed E-state index contributed by atoms with van der Waals surface area (Å²) >= 11 is 0. The van der Waals surface area contributed by atoms with E-state index in [0.29, 0.717) is 0 Å². The van der Waals surface area contributed by atoms with Crippen LogP contribution in [-0.2, 0) is 19.1 Å². The molecule has 2 N–H and O–H groups in total. The van der Waals surface area contributed by atoms with E-state index in [1.54, 1.807) is 0 Å². The summed E-state index contributed by atoms with van der Waals surface area (Å²) in [6, 6.07) is 0. The molecule has 0 aromatic rings. The van der Waals surface area contributed by atoms with Crippen molar-refractivity contribution in [3.63, 3.8) is 0 Å². The summed E-state index contributed by atoms with van der Waals surface area (Å²) in [5, 5.41) is 19.2.